The molecule has 0 radical (unpaired) electrons. The smallest absolute Gasteiger partial charge is 0.311 e. The average Bonchev–Trinajstić information content (AvgIpc) is 2.15. The maximum absolute atomic E-state index is 10.9. The number of aliphatic carboxylic acids is 1. The van der Waals surface area contributed by atoms with E-state index in [2.05, 4.69) is 0 Å². The summed E-state index contributed by atoms with van der Waals surface area (Å²) >= 11 is 4.91. The summed E-state index contributed by atoms with van der Waals surface area (Å²) in [5.74, 6) is -1.39. The summed E-state index contributed by atoms with van der Waals surface area (Å²) in [6.07, 6.45) is 0.478. The van der Waals surface area contributed by atoms with Gasteiger partial charge in [-0.3, -0.25) is 4.79 Å². The predicted molar refractivity (Wildman–Crippen MR) is 59.5 cm³/mol. The molecule has 0 heterocycles. The van der Waals surface area contributed by atoms with E-state index in [1.165, 1.54) is 0 Å². The van der Waals surface area contributed by atoms with E-state index in [1.54, 1.807) is 6.92 Å². The molecular formula is C11H12O2S. The zero-order valence-electron chi connectivity index (χ0n) is 7.93. The van der Waals surface area contributed by atoms with E-state index >= 15 is 0 Å². The fourth-order valence-electron chi connectivity index (χ4n) is 1.25. The standard InChI is InChI=1S/C11H12O2S/c1-8(14)10(11(12)13)7-9-5-3-2-4-6-9/h2-6,10H,7H2,1H3,(H,12,13). The summed E-state index contributed by atoms with van der Waals surface area (Å²) < 4.78 is 0. The molecule has 0 aromatic heterocycles. The Balaban J connectivity index is 2.75. The van der Waals surface area contributed by atoms with Crippen molar-refractivity contribution >= 4 is 23.1 Å². The number of hydrogen-bond acceptors (Lipinski definition) is 2. The largest absolute Gasteiger partial charge is 0.481 e. The Morgan fingerprint density at radius 2 is 2.00 bits per heavy atom. The highest BCUT2D eigenvalue weighted by molar-refractivity contribution is 7.80. The normalized spacial score (nSPS) is 12.1. The van der Waals surface area contributed by atoms with Crippen molar-refractivity contribution in [3.63, 3.8) is 0 Å². The maximum atomic E-state index is 10.9. The number of rotatable bonds is 4. The lowest BCUT2D eigenvalue weighted by atomic mass is 9.97. The minimum Gasteiger partial charge on any atom is -0.481 e. The van der Waals surface area contributed by atoms with Crippen LogP contribution in [0, 0.1) is 5.92 Å². The van der Waals surface area contributed by atoms with Crippen LogP contribution in [0.2, 0.25) is 0 Å². The van der Waals surface area contributed by atoms with Crippen LogP contribution in [0.4, 0.5) is 0 Å². The third kappa shape index (κ3) is 2.92. The molecule has 1 atom stereocenters. The summed E-state index contributed by atoms with van der Waals surface area (Å²) in [7, 11) is 0. The van der Waals surface area contributed by atoms with E-state index < -0.39 is 11.9 Å². The van der Waals surface area contributed by atoms with Crippen LogP contribution in [0.15, 0.2) is 30.3 Å². The SMILES string of the molecule is CC(=S)C(Cc1ccccc1)C(=O)O. The Morgan fingerprint density at radius 3 is 2.43 bits per heavy atom. The van der Waals surface area contributed by atoms with Gasteiger partial charge in [-0.2, -0.15) is 0 Å². The van der Waals surface area contributed by atoms with Crippen molar-refractivity contribution in [1.29, 1.82) is 0 Å². The third-order valence-corrected chi connectivity index (χ3v) is 2.36. The molecule has 0 aliphatic heterocycles. The van der Waals surface area contributed by atoms with Gasteiger partial charge in [-0.15, -0.1) is 0 Å². The van der Waals surface area contributed by atoms with Gasteiger partial charge >= 0.3 is 5.97 Å². The first-order valence-electron chi connectivity index (χ1n) is 4.38. The van der Waals surface area contributed by atoms with Crippen LogP contribution < -0.4 is 0 Å². The van der Waals surface area contributed by atoms with Crippen LogP contribution in [0.3, 0.4) is 0 Å². The fraction of sp³-hybridized carbons (Fsp3) is 0.273. The molecule has 1 aromatic rings. The van der Waals surface area contributed by atoms with E-state index in [0.29, 0.717) is 11.3 Å². The Hall–Kier alpha value is -1.22. The first-order valence-corrected chi connectivity index (χ1v) is 4.79. The van der Waals surface area contributed by atoms with Gasteiger partial charge in [-0.25, -0.2) is 0 Å². The van der Waals surface area contributed by atoms with Crippen LogP contribution >= 0.6 is 12.2 Å². The average molecular weight is 208 g/mol. The van der Waals surface area contributed by atoms with Crippen molar-refractivity contribution in [2.75, 3.05) is 0 Å². The van der Waals surface area contributed by atoms with Crippen molar-refractivity contribution in [2.24, 2.45) is 5.92 Å². The van der Waals surface area contributed by atoms with Crippen LogP contribution in [0.25, 0.3) is 0 Å². The van der Waals surface area contributed by atoms with Gasteiger partial charge in [0.15, 0.2) is 0 Å². The number of carbonyl (C=O) groups is 1. The van der Waals surface area contributed by atoms with E-state index in [1.807, 2.05) is 30.3 Å². The number of thiocarbonyl (C=S) groups is 1. The van der Waals surface area contributed by atoms with E-state index in [4.69, 9.17) is 17.3 Å². The molecule has 14 heavy (non-hydrogen) atoms. The minimum atomic E-state index is -0.846. The second-order valence-electron chi connectivity index (χ2n) is 3.19. The first kappa shape index (κ1) is 10.9. The van der Waals surface area contributed by atoms with Crippen molar-refractivity contribution in [2.45, 2.75) is 13.3 Å². The van der Waals surface area contributed by atoms with E-state index in [9.17, 15) is 4.79 Å². The van der Waals surface area contributed by atoms with Gasteiger partial charge in [0.05, 0.1) is 5.92 Å². The van der Waals surface area contributed by atoms with Crippen molar-refractivity contribution < 1.29 is 9.90 Å². The summed E-state index contributed by atoms with van der Waals surface area (Å²) in [6.45, 7) is 1.68. The molecule has 0 aliphatic carbocycles. The Kier molecular flexibility index (Phi) is 3.77. The molecule has 0 amide bonds. The molecule has 0 saturated heterocycles. The highest BCUT2D eigenvalue weighted by atomic mass is 32.1. The lowest BCUT2D eigenvalue weighted by molar-refractivity contribution is -0.139. The van der Waals surface area contributed by atoms with Gasteiger partial charge < -0.3 is 5.11 Å². The summed E-state index contributed by atoms with van der Waals surface area (Å²) in [5.41, 5.74) is 1.00. The zero-order chi connectivity index (χ0) is 10.6. The molecule has 74 valence electrons. The number of carboxylic acids is 1. The first-order chi connectivity index (χ1) is 6.61. The molecule has 1 aromatic carbocycles. The van der Waals surface area contributed by atoms with E-state index in [-0.39, 0.29) is 0 Å². The molecule has 1 rings (SSSR count). The number of hydrogen-bond donors (Lipinski definition) is 1. The van der Waals surface area contributed by atoms with Gasteiger partial charge in [0.2, 0.25) is 0 Å². The topological polar surface area (TPSA) is 37.3 Å². The predicted octanol–water partition coefficient (Wildman–Crippen LogP) is 2.32. The van der Waals surface area contributed by atoms with Gasteiger partial charge in [0.25, 0.3) is 0 Å². The van der Waals surface area contributed by atoms with Crippen LogP contribution in [0.5, 0.6) is 0 Å². The molecule has 0 fully saturated rings. The van der Waals surface area contributed by atoms with E-state index in [0.717, 1.165) is 5.56 Å². The number of benzene rings is 1. The summed E-state index contributed by atoms with van der Waals surface area (Å²) in [6, 6.07) is 9.52. The van der Waals surface area contributed by atoms with Crippen molar-refractivity contribution in [3.8, 4) is 0 Å². The van der Waals surface area contributed by atoms with Crippen LogP contribution in [0.1, 0.15) is 12.5 Å². The Labute approximate surface area is 88.6 Å². The highest BCUT2D eigenvalue weighted by Gasteiger charge is 2.19. The molecule has 0 bridgehead atoms. The third-order valence-electron chi connectivity index (χ3n) is 2.07. The van der Waals surface area contributed by atoms with Crippen LogP contribution in [-0.4, -0.2) is 15.9 Å². The molecule has 1 unspecified atom stereocenters. The van der Waals surface area contributed by atoms with Gasteiger partial charge in [0, 0.05) is 4.86 Å². The van der Waals surface area contributed by atoms with Gasteiger partial charge in [0.1, 0.15) is 0 Å². The van der Waals surface area contributed by atoms with Crippen molar-refractivity contribution in [3.05, 3.63) is 35.9 Å². The zero-order valence-corrected chi connectivity index (χ0v) is 8.75. The molecule has 0 aliphatic rings. The second-order valence-corrected chi connectivity index (χ2v) is 3.84. The Bertz CT molecular complexity index is 318. The Morgan fingerprint density at radius 1 is 1.43 bits per heavy atom. The maximum Gasteiger partial charge on any atom is 0.311 e. The highest BCUT2D eigenvalue weighted by Crippen LogP contribution is 2.10. The van der Waals surface area contributed by atoms with Crippen molar-refractivity contribution in [1.82, 2.24) is 0 Å². The monoisotopic (exact) mass is 208 g/mol. The van der Waals surface area contributed by atoms with Gasteiger partial charge in [-0.05, 0) is 18.9 Å². The molecule has 0 saturated carbocycles. The molecule has 1 N–H and O–H groups in total. The molecule has 0 spiro atoms. The quantitative estimate of drug-likeness (QED) is 0.771. The number of carboxylic acid groups (broad SMARTS) is 1. The molecule has 2 nitrogen and oxygen atoms in total. The molecular weight excluding hydrogens is 196 g/mol. The second kappa shape index (κ2) is 4.86. The summed E-state index contributed by atoms with van der Waals surface area (Å²) in [5, 5.41) is 8.92. The fourth-order valence-corrected chi connectivity index (χ4v) is 1.44. The minimum absolute atomic E-state index is 0.478. The lowest BCUT2D eigenvalue weighted by Gasteiger charge is -2.10. The lowest BCUT2D eigenvalue weighted by Crippen LogP contribution is -2.22. The van der Waals surface area contributed by atoms with Crippen LogP contribution in [-0.2, 0) is 11.2 Å². The molecule has 3 heteroatoms. The summed E-state index contributed by atoms with van der Waals surface area (Å²) in [4.78, 5) is 11.4. The van der Waals surface area contributed by atoms with Gasteiger partial charge in [-0.1, -0.05) is 42.5 Å².